The van der Waals surface area contributed by atoms with Gasteiger partial charge in [-0.2, -0.15) is 0 Å². The molecule has 3 nitrogen and oxygen atoms in total. The highest BCUT2D eigenvalue weighted by molar-refractivity contribution is 5.80. The summed E-state index contributed by atoms with van der Waals surface area (Å²) in [6.07, 6.45) is 7.89. The number of fused-ring (bicyclic) bond motifs is 1. The van der Waals surface area contributed by atoms with Crippen LogP contribution in [0.4, 0.5) is 0 Å². The molecule has 3 rings (SSSR count). The van der Waals surface area contributed by atoms with E-state index in [1.807, 2.05) is 17.9 Å². The van der Waals surface area contributed by atoms with Gasteiger partial charge in [0.1, 0.15) is 5.75 Å². The molecular formula is C18H25NO2. The van der Waals surface area contributed by atoms with Crippen LogP contribution in [0.2, 0.25) is 0 Å². The first-order valence-corrected chi connectivity index (χ1v) is 8.31. The lowest BCUT2D eigenvalue weighted by Crippen LogP contribution is -2.41. The summed E-state index contributed by atoms with van der Waals surface area (Å²) in [5, 5.41) is 0. The maximum absolute atomic E-state index is 12.5. The molecule has 2 aliphatic rings. The van der Waals surface area contributed by atoms with Gasteiger partial charge in [-0.3, -0.25) is 4.79 Å². The molecule has 0 aromatic heterocycles. The van der Waals surface area contributed by atoms with Crippen LogP contribution in [0, 0.1) is 0 Å². The molecule has 1 amide bonds. The van der Waals surface area contributed by atoms with Crippen molar-refractivity contribution in [3.05, 3.63) is 29.3 Å². The monoisotopic (exact) mass is 287 g/mol. The van der Waals surface area contributed by atoms with Crippen molar-refractivity contribution >= 4 is 5.91 Å². The normalized spacial score (nSPS) is 19.8. The molecule has 1 heterocycles. The Morgan fingerprint density at radius 3 is 2.52 bits per heavy atom. The maximum Gasteiger partial charge on any atom is 0.263 e. The van der Waals surface area contributed by atoms with E-state index in [9.17, 15) is 4.79 Å². The standard InChI is InChI=1S/C18H25NO2/c1-14(18(20)19-11-4-2-3-5-12-19)21-17-10-9-15-7-6-8-16(15)13-17/h9-10,13-14H,2-8,11-12H2,1H3/t14-/m0/s1. The first kappa shape index (κ1) is 14.4. The zero-order valence-corrected chi connectivity index (χ0v) is 12.9. The highest BCUT2D eigenvalue weighted by Gasteiger charge is 2.23. The van der Waals surface area contributed by atoms with Gasteiger partial charge in [-0.15, -0.1) is 0 Å². The van der Waals surface area contributed by atoms with Gasteiger partial charge in [0.05, 0.1) is 0 Å². The third-order valence-corrected chi connectivity index (χ3v) is 4.65. The number of carbonyl (C=O) groups excluding carboxylic acids is 1. The molecule has 1 aliphatic heterocycles. The van der Waals surface area contributed by atoms with Crippen LogP contribution in [0.15, 0.2) is 18.2 Å². The van der Waals surface area contributed by atoms with Gasteiger partial charge >= 0.3 is 0 Å². The summed E-state index contributed by atoms with van der Waals surface area (Å²) in [4.78, 5) is 14.5. The van der Waals surface area contributed by atoms with E-state index < -0.39 is 0 Å². The molecule has 1 aromatic rings. The van der Waals surface area contributed by atoms with Crippen LogP contribution in [-0.4, -0.2) is 30.0 Å². The molecule has 114 valence electrons. The molecule has 1 atom stereocenters. The van der Waals surface area contributed by atoms with E-state index in [0.29, 0.717) is 0 Å². The SMILES string of the molecule is C[C@H](Oc1ccc2c(c1)CCC2)C(=O)N1CCCCCC1. The third-order valence-electron chi connectivity index (χ3n) is 4.65. The van der Waals surface area contributed by atoms with E-state index in [4.69, 9.17) is 4.74 Å². The molecule has 1 aliphatic carbocycles. The second kappa shape index (κ2) is 6.50. The molecule has 0 bridgehead atoms. The molecule has 0 unspecified atom stereocenters. The van der Waals surface area contributed by atoms with Crippen LogP contribution in [0.5, 0.6) is 5.75 Å². The van der Waals surface area contributed by atoms with Gasteiger partial charge in [0.15, 0.2) is 6.10 Å². The first-order chi connectivity index (χ1) is 10.2. The molecule has 1 aromatic carbocycles. The van der Waals surface area contributed by atoms with E-state index in [-0.39, 0.29) is 12.0 Å². The lowest BCUT2D eigenvalue weighted by atomic mass is 10.1. The molecule has 21 heavy (non-hydrogen) atoms. The van der Waals surface area contributed by atoms with E-state index >= 15 is 0 Å². The summed E-state index contributed by atoms with van der Waals surface area (Å²) < 4.78 is 5.90. The lowest BCUT2D eigenvalue weighted by Gasteiger charge is -2.24. The van der Waals surface area contributed by atoms with Gasteiger partial charge in [0.25, 0.3) is 5.91 Å². The molecule has 0 radical (unpaired) electrons. The Hall–Kier alpha value is -1.51. The second-order valence-corrected chi connectivity index (χ2v) is 6.28. The minimum absolute atomic E-state index is 0.136. The van der Waals surface area contributed by atoms with Crippen molar-refractivity contribution in [2.45, 2.75) is 58.0 Å². The summed E-state index contributed by atoms with van der Waals surface area (Å²) in [7, 11) is 0. The number of benzene rings is 1. The Labute approximate surface area is 127 Å². The summed E-state index contributed by atoms with van der Waals surface area (Å²) in [5.41, 5.74) is 2.83. The number of aryl methyl sites for hydroxylation is 2. The smallest absolute Gasteiger partial charge is 0.263 e. The average molecular weight is 287 g/mol. The number of rotatable bonds is 3. The molecule has 0 saturated carbocycles. The summed E-state index contributed by atoms with van der Waals surface area (Å²) >= 11 is 0. The predicted molar refractivity (Wildman–Crippen MR) is 83.6 cm³/mol. The molecule has 0 N–H and O–H groups in total. The topological polar surface area (TPSA) is 29.5 Å². The number of hydrogen-bond acceptors (Lipinski definition) is 2. The van der Waals surface area contributed by atoms with Crippen molar-refractivity contribution in [1.29, 1.82) is 0 Å². The van der Waals surface area contributed by atoms with E-state index in [2.05, 4.69) is 12.1 Å². The van der Waals surface area contributed by atoms with Gasteiger partial charge in [0, 0.05) is 13.1 Å². The van der Waals surface area contributed by atoms with Gasteiger partial charge < -0.3 is 9.64 Å². The summed E-state index contributed by atoms with van der Waals surface area (Å²) in [6, 6.07) is 6.28. The van der Waals surface area contributed by atoms with Crippen molar-refractivity contribution in [1.82, 2.24) is 4.90 Å². The first-order valence-electron chi connectivity index (χ1n) is 8.31. The number of likely N-dealkylation sites (tertiary alicyclic amines) is 1. The van der Waals surface area contributed by atoms with Crippen molar-refractivity contribution in [2.24, 2.45) is 0 Å². The third kappa shape index (κ3) is 3.39. The minimum Gasteiger partial charge on any atom is -0.481 e. The Morgan fingerprint density at radius 2 is 1.76 bits per heavy atom. The van der Waals surface area contributed by atoms with Crippen LogP contribution >= 0.6 is 0 Å². The minimum atomic E-state index is -0.387. The molecule has 1 fully saturated rings. The molecule has 1 saturated heterocycles. The van der Waals surface area contributed by atoms with Crippen molar-refractivity contribution in [3.8, 4) is 5.75 Å². The van der Waals surface area contributed by atoms with Crippen LogP contribution in [-0.2, 0) is 17.6 Å². The molecule has 3 heteroatoms. The Bertz CT molecular complexity index is 504. The number of nitrogens with zero attached hydrogens (tertiary/aromatic N) is 1. The largest absolute Gasteiger partial charge is 0.481 e. The number of ether oxygens (including phenoxy) is 1. The van der Waals surface area contributed by atoms with Crippen molar-refractivity contribution < 1.29 is 9.53 Å². The molecular weight excluding hydrogens is 262 g/mol. The number of hydrogen-bond donors (Lipinski definition) is 0. The summed E-state index contributed by atoms with van der Waals surface area (Å²) in [5.74, 6) is 0.976. The fourth-order valence-electron chi connectivity index (χ4n) is 3.42. The van der Waals surface area contributed by atoms with Crippen LogP contribution in [0.1, 0.15) is 50.2 Å². The number of carbonyl (C=O) groups is 1. The van der Waals surface area contributed by atoms with Gasteiger partial charge in [0.2, 0.25) is 0 Å². The van der Waals surface area contributed by atoms with Gasteiger partial charge in [-0.1, -0.05) is 18.9 Å². The highest BCUT2D eigenvalue weighted by Crippen LogP contribution is 2.26. The quantitative estimate of drug-likeness (QED) is 0.853. The van der Waals surface area contributed by atoms with E-state index in [0.717, 1.165) is 38.1 Å². The van der Waals surface area contributed by atoms with Gasteiger partial charge in [-0.25, -0.2) is 0 Å². The Morgan fingerprint density at radius 1 is 1.05 bits per heavy atom. The fourth-order valence-corrected chi connectivity index (χ4v) is 3.42. The molecule has 0 spiro atoms. The predicted octanol–water partition coefficient (Wildman–Crippen LogP) is 3.35. The highest BCUT2D eigenvalue weighted by atomic mass is 16.5. The Kier molecular flexibility index (Phi) is 4.47. The fraction of sp³-hybridized carbons (Fsp3) is 0.611. The Balaban J connectivity index is 1.62. The second-order valence-electron chi connectivity index (χ2n) is 6.28. The van der Waals surface area contributed by atoms with E-state index in [1.165, 1.54) is 36.8 Å². The van der Waals surface area contributed by atoms with Crippen LogP contribution in [0.3, 0.4) is 0 Å². The average Bonchev–Trinajstić information content (AvgIpc) is 2.78. The van der Waals surface area contributed by atoms with Gasteiger partial charge in [-0.05, 0) is 62.3 Å². The zero-order valence-electron chi connectivity index (χ0n) is 12.9. The van der Waals surface area contributed by atoms with E-state index in [1.54, 1.807) is 0 Å². The lowest BCUT2D eigenvalue weighted by molar-refractivity contribution is -0.137. The van der Waals surface area contributed by atoms with Crippen LogP contribution in [0.25, 0.3) is 0 Å². The zero-order chi connectivity index (χ0) is 14.7. The van der Waals surface area contributed by atoms with Crippen molar-refractivity contribution in [2.75, 3.05) is 13.1 Å². The summed E-state index contributed by atoms with van der Waals surface area (Å²) in [6.45, 7) is 3.65. The van der Waals surface area contributed by atoms with Crippen LogP contribution < -0.4 is 4.74 Å². The maximum atomic E-state index is 12.5. The number of amides is 1. The van der Waals surface area contributed by atoms with Crippen molar-refractivity contribution in [3.63, 3.8) is 0 Å².